The maximum absolute atomic E-state index is 5.28. The molecule has 1 aromatic carbocycles. The summed E-state index contributed by atoms with van der Waals surface area (Å²) >= 11 is 2.40. The summed E-state index contributed by atoms with van der Waals surface area (Å²) in [7, 11) is 0.820. The van der Waals surface area contributed by atoms with Crippen LogP contribution in [0.25, 0.3) is 0 Å². The molecule has 0 atom stereocenters. The second-order valence-electron chi connectivity index (χ2n) is 6.09. The molecule has 0 aliphatic carbocycles. The van der Waals surface area contributed by atoms with Crippen LogP contribution in [0.2, 0.25) is 25.7 Å². The van der Waals surface area contributed by atoms with Gasteiger partial charge in [0.1, 0.15) is 5.75 Å². The summed E-state index contributed by atoms with van der Waals surface area (Å²) in [6, 6.07) is 7.62. The second-order valence-corrected chi connectivity index (χ2v) is 12.8. The molecule has 0 unspecified atom stereocenters. The average Bonchev–Trinajstić information content (AvgIpc) is 2.34. The fourth-order valence-corrected chi connectivity index (χ4v) is 3.31. The molecule has 3 heteroatoms. The van der Waals surface area contributed by atoms with Crippen LogP contribution in [-0.2, 0) is 6.42 Å². The molecule has 106 valence electrons. The maximum atomic E-state index is 5.28. The molecule has 0 fully saturated rings. The SMILES string of the molecule is COc1ccc(I)c(CCC/C=C/C[Si](C)(C)C)c1. The molecule has 0 radical (unpaired) electrons. The molecular formula is C16H25IOSi. The van der Waals surface area contributed by atoms with E-state index in [0.717, 1.165) is 12.2 Å². The number of halogens is 1. The molecule has 1 nitrogen and oxygen atoms in total. The van der Waals surface area contributed by atoms with Gasteiger partial charge in [-0.25, -0.2) is 0 Å². The molecule has 0 bridgehead atoms. The van der Waals surface area contributed by atoms with Crippen molar-refractivity contribution in [3.63, 3.8) is 0 Å². The lowest BCUT2D eigenvalue weighted by Gasteiger charge is -2.11. The molecule has 19 heavy (non-hydrogen) atoms. The molecule has 1 aromatic rings. The monoisotopic (exact) mass is 388 g/mol. The van der Waals surface area contributed by atoms with Gasteiger partial charge in [-0.1, -0.05) is 31.8 Å². The van der Waals surface area contributed by atoms with Crippen LogP contribution in [-0.4, -0.2) is 15.2 Å². The van der Waals surface area contributed by atoms with E-state index in [9.17, 15) is 0 Å². The van der Waals surface area contributed by atoms with Crippen molar-refractivity contribution in [3.05, 3.63) is 39.5 Å². The van der Waals surface area contributed by atoms with Crippen molar-refractivity contribution < 1.29 is 4.74 Å². The first-order valence-electron chi connectivity index (χ1n) is 6.90. The van der Waals surface area contributed by atoms with E-state index in [1.54, 1.807) is 7.11 Å². The highest BCUT2D eigenvalue weighted by atomic mass is 127. The van der Waals surface area contributed by atoms with Crippen LogP contribution in [0, 0.1) is 3.57 Å². The summed E-state index contributed by atoms with van der Waals surface area (Å²) in [4.78, 5) is 0. The first-order valence-corrected chi connectivity index (χ1v) is 11.7. The minimum atomic E-state index is -0.907. The van der Waals surface area contributed by atoms with Crippen molar-refractivity contribution in [1.29, 1.82) is 0 Å². The van der Waals surface area contributed by atoms with Crippen LogP contribution in [0.5, 0.6) is 5.75 Å². The zero-order chi connectivity index (χ0) is 14.3. The number of methoxy groups -OCH3 is 1. The molecule has 0 heterocycles. The van der Waals surface area contributed by atoms with Crippen molar-refractivity contribution in [3.8, 4) is 5.75 Å². The number of hydrogen-bond donors (Lipinski definition) is 0. The van der Waals surface area contributed by atoms with Crippen LogP contribution in [0.4, 0.5) is 0 Å². The van der Waals surface area contributed by atoms with Gasteiger partial charge in [0, 0.05) is 11.6 Å². The van der Waals surface area contributed by atoms with Crippen molar-refractivity contribution in [2.75, 3.05) is 7.11 Å². The summed E-state index contributed by atoms with van der Waals surface area (Å²) in [5, 5.41) is 0. The van der Waals surface area contributed by atoms with Gasteiger partial charge in [0.2, 0.25) is 0 Å². The summed E-state index contributed by atoms with van der Waals surface area (Å²) in [6.45, 7) is 7.24. The van der Waals surface area contributed by atoms with Crippen LogP contribution in [0.1, 0.15) is 18.4 Å². The molecule has 0 saturated carbocycles. The van der Waals surface area contributed by atoms with Gasteiger partial charge < -0.3 is 4.74 Å². The van der Waals surface area contributed by atoms with Gasteiger partial charge in [-0.2, -0.15) is 0 Å². The summed E-state index contributed by atoms with van der Waals surface area (Å²) in [6.07, 6.45) is 8.25. The molecular weight excluding hydrogens is 363 g/mol. The minimum Gasteiger partial charge on any atom is -0.497 e. The minimum absolute atomic E-state index is 0.907. The summed E-state index contributed by atoms with van der Waals surface area (Å²) in [5.41, 5.74) is 1.40. The van der Waals surface area contributed by atoms with E-state index >= 15 is 0 Å². The predicted molar refractivity (Wildman–Crippen MR) is 95.9 cm³/mol. The van der Waals surface area contributed by atoms with Gasteiger partial charge >= 0.3 is 0 Å². The van der Waals surface area contributed by atoms with E-state index in [1.165, 1.54) is 28.0 Å². The van der Waals surface area contributed by atoms with Crippen molar-refractivity contribution in [1.82, 2.24) is 0 Å². The Morgan fingerprint density at radius 2 is 1.95 bits per heavy atom. The van der Waals surface area contributed by atoms with E-state index in [2.05, 4.69) is 66.5 Å². The molecule has 0 spiro atoms. The Morgan fingerprint density at radius 1 is 1.21 bits per heavy atom. The van der Waals surface area contributed by atoms with Crippen LogP contribution < -0.4 is 4.74 Å². The third kappa shape index (κ3) is 7.16. The Hall–Kier alpha value is -0.293. The van der Waals surface area contributed by atoms with E-state index in [-0.39, 0.29) is 0 Å². The van der Waals surface area contributed by atoms with Crippen molar-refractivity contribution in [2.24, 2.45) is 0 Å². The van der Waals surface area contributed by atoms with Gasteiger partial charge in [0.25, 0.3) is 0 Å². The highest BCUT2D eigenvalue weighted by molar-refractivity contribution is 14.1. The maximum Gasteiger partial charge on any atom is 0.119 e. The second kappa shape index (κ2) is 8.10. The highest BCUT2D eigenvalue weighted by Gasteiger charge is 2.09. The molecule has 0 aliphatic heterocycles. The Labute approximate surface area is 132 Å². The van der Waals surface area contributed by atoms with Gasteiger partial charge in [-0.15, -0.1) is 0 Å². The third-order valence-electron chi connectivity index (χ3n) is 2.97. The Bertz CT molecular complexity index is 421. The standard InChI is InChI=1S/C16H25IOSi/c1-18-15-10-11-16(17)14(13-15)9-7-5-6-8-12-19(2,3)4/h6,8,10-11,13H,5,7,9,12H2,1-4H3/b8-6+. The number of ether oxygens (including phenoxy) is 1. The third-order valence-corrected chi connectivity index (χ3v) is 5.48. The smallest absolute Gasteiger partial charge is 0.119 e. The summed E-state index contributed by atoms with van der Waals surface area (Å²) < 4.78 is 6.62. The van der Waals surface area contributed by atoms with Gasteiger partial charge in [0.15, 0.2) is 0 Å². The largest absolute Gasteiger partial charge is 0.497 e. The molecule has 0 aliphatic rings. The normalized spacial score (nSPS) is 12.1. The molecule has 0 saturated heterocycles. The van der Waals surface area contributed by atoms with E-state index in [1.807, 2.05) is 6.07 Å². The van der Waals surface area contributed by atoms with Gasteiger partial charge in [0.05, 0.1) is 7.11 Å². The Balaban J connectivity index is 2.37. The topological polar surface area (TPSA) is 9.23 Å². The highest BCUT2D eigenvalue weighted by Crippen LogP contribution is 2.21. The van der Waals surface area contributed by atoms with Gasteiger partial charge in [-0.05, 0) is 71.7 Å². The lowest BCUT2D eigenvalue weighted by atomic mass is 10.1. The van der Waals surface area contributed by atoms with Crippen molar-refractivity contribution in [2.45, 2.75) is 44.9 Å². The lowest BCUT2D eigenvalue weighted by Crippen LogP contribution is -2.17. The number of unbranched alkanes of at least 4 members (excludes halogenated alkanes) is 1. The fraction of sp³-hybridized carbons (Fsp3) is 0.500. The first-order chi connectivity index (χ1) is 8.92. The molecule has 0 aromatic heterocycles. The van der Waals surface area contributed by atoms with Gasteiger partial charge in [-0.3, -0.25) is 0 Å². The van der Waals surface area contributed by atoms with Crippen LogP contribution in [0.3, 0.4) is 0 Å². The summed E-state index contributed by atoms with van der Waals surface area (Å²) in [5.74, 6) is 0.963. The quantitative estimate of drug-likeness (QED) is 0.259. The Kier molecular flexibility index (Phi) is 7.14. The predicted octanol–water partition coefficient (Wildman–Crippen LogP) is 5.52. The van der Waals surface area contributed by atoms with Crippen molar-refractivity contribution >= 4 is 30.7 Å². The van der Waals surface area contributed by atoms with E-state index < -0.39 is 8.07 Å². The average molecular weight is 388 g/mol. The molecule has 0 N–H and O–H groups in total. The number of hydrogen-bond acceptors (Lipinski definition) is 1. The number of aryl methyl sites for hydroxylation is 1. The molecule has 0 amide bonds. The number of benzene rings is 1. The lowest BCUT2D eigenvalue weighted by molar-refractivity contribution is 0.414. The van der Waals surface area contributed by atoms with E-state index in [4.69, 9.17) is 4.74 Å². The first kappa shape index (κ1) is 16.8. The number of rotatable bonds is 7. The zero-order valence-electron chi connectivity index (χ0n) is 12.5. The van der Waals surface area contributed by atoms with Crippen LogP contribution >= 0.6 is 22.6 Å². The zero-order valence-corrected chi connectivity index (χ0v) is 15.7. The van der Waals surface area contributed by atoms with Crippen LogP contribution in [0.15, 0.2) is 30.4 Å². The molecule has 1 rings (SSSR count). The Morgan fingerprint density at radius 3 is 2.58 bits per heavy atom. The van der Waals surface area contributed by atoms with E-state index in [0.29, 0.717) is 0 Å². The fourth-order valence-electron chi connectivity index (χ4n) is 1.83. The number of allylic oxidation sites excluding steroid dienone is 2.